The number of rotatable bonds is 9. The molecule has 2 heterocycles. The SMILES string of the molecule is CCOC(=O)c1c(-c2ccc(OC)cc2)csc1NC(=O)COC(=O)C(C)N1C(=O)C2CCCCC2C1=O. The molecule has 1 aromatic heterocycles. The molecular weight excluding hydrogens is 512 g/mol. The molecule has 0 bridgehead atoms. The molecule has 2 aromatic rings. The Morgan fingerprint density at radius 2 is 1.68 bits per heavy atom. The molecular formula is C27H30N2O8S. The number of ether oxygens (including phenoxy) is 3. The molecule has 3 unspecified atom stereocenters. The highest BCUT2D eigenvalue weighted by atomic mass is 32.1. The summed E-state index contributed by atoms with van der Waals surface area (Å²) >= 11 is 1.13. The van der Waals surface area contributed by atoms with Crippen LogP contribution in [0.3, 0.4) is 0 Å². The average Bonchev–Trinajstić information content (AvgIpc) is 3.45. The summed E-state index contributed by atoms with van der Waals surface area (Å²) in [7, 11) is 1.55. The summed E-state index contributed by atoms with van der Waals surface area (Å²) in [5, 5.41) is 4.59. The molecule has 1 N–H and O–H groups in total. The Morgan fingerprint density at radius 3 is 2.26 bits per heavy atom. The quantitative estimate of drug-likeness (QED) is 0.376. The first-order valence-corrected chi connectivity index (χ1v) is 13.4. The topological polar surface area (TPSA) is 128 Å². The second kappa shape index (κ2) is 11.8. The molecule has 1 aromatic carbocycles. The highest BCUT2D eigenvalue weighted by molar-refractivity contribution is 7.15. The molecule has 1 saturated carbocycles. The predicted molar refractivity (Wildman–Crippen MR) is 139 cm³/mol. The van der Waals surface area contributed by atoms with Crippen molar-refractivity contribution < 1.29 is 38.2 Å². The van der Waals surface area contributed by atoms with Gasteiger partial charge in [0.05, 0.1) is 25.6 Å². The zero-order valence-corrected chi connectivity index (χ0v) is 22.3. The molecule has 2 fully saturated rings. The van der Waals surface area contributed by atoms with E-state index in [1.54, 1.807) is 43.7 Å². The highest BCUT2D eigenvalue weighted by Gasteiger charge is 2.51. The second-order valence-electron chi connectivity index (χ2n) is 9.18. The number of carbonyl (C=O) groups excluding carboxylic acids is 5. The van der Waals surface area contributed by atoms with E-state index >= 15 is 0 Å². The zero-order chi connectivity index (χ0) is 27.4. The fourth-order valence-corrected chi connectivity index (χ4v) is 5.91. The molecule has 0 radical (unpaired) electrons. The number of carbonyl (C=O) groups is 5. The maximum absolute atomic E-state index is 12.8. The summed E-state index contributed by atoms with van der Waals surface area (Å²) in [6, 6.07) is 5.95. The molecule has 202 valence electrons. The largest absolute Gasteiger partial charge is 0.497 e. The Kier molecular flexibility index (Phi) is 8.45. The third-order valence-electron chi connectivity index (χ3n) is 6.87. The fraction of sp³-hybridized carbons (Fsp3) is 0.444. The van der Waals surface area contributed by atoms with E-state index in [0.29, 0.717) is 24.2 Å². The molecule has 4 rings (SSSR count). The van der Waals surface area contributed by atoms with Crippen LogP contribution in [-0.2, 0) is 28.7 Å². The lowest BCUT2D eigenvalue weighted by Crippen LogP contribution is -2.45. The van der Waals surface area contributed by atoms with Gasteiger partial charge in [0.25, 0.3) is 5.91 Å². The van der Waals surface area contributed by atoms with Gasteiger partial charge in [-0.05, 0) is 44.4 Å². The lowest BCUT2D eigenvalue weighted by atomic mass is 9.81. The van der Waals surface area contributed by atoms with Crippen molar-refractivity contribution in [1.82, 2.24) is 4.90 Å². The van der Waals surface area contributed by atoms with Gasteiger partial charge in [0.1, 0.15) is 22.4 Å². The van der Waals surface area contributed by atoms with Crippen molar-refractivity contribution in [3.8, 4) is 16.9 Å². The van der Waals surface area contributed by atoms with Crippen molar-refractivity contribution in [2.24, 2.45) is 11.8 Å². The predicted octanol–water partition coefficient (Wildman–Crippen LogP) is 3.65. The first-order valence-electron chi connectivity index (χ1n) is 12.5. The third kappa shape index (κ3) is 5.42. The summed E-state index contributed by atoms with van der Waals surface area (Å²) in [5.74, 6) is -2.93. The van der Waals surface area contributed by atoms with Crippen molar-refractivity contribution in [2.45, 2.75) is 45.6 Å². The number of hydrogen-bond acceptors (Lipinski definition) is 9. The van der Waals surface area contributed by atoms with E-state index in [1.165, 1.54) is 6.92 Å². The molecule has 1 aliphatic carbocycles. The number of methoxy groups -OCH3 is 1. The standard InChI is InChI=1S/C27H30N2O8S/c1-4-36-27(34)22-20(16-9-11-17(35-3)12-10-16)14-38-23(22)28-21(30)13-37-26(33)15(2)29-24(31)18-7-5-6-8-19(18)25(29)32/h9-12,14-15,18-19H,4-8,13H2,1-3H3,(H,28,30). The molecule has 10 nitrogen and oxygen atoms in total. The van der Waals surface area contributed by atoms with Crippen LogP contribution in [0.4, 0.5) is 5.00 Å². The molecule has 3 atom stereocenters. The number of anilines is 1. The number of imide groups is 1. The van der Waals surface area contributed by atoms with E-state index in [4.69, 9.17) is 14.2 Å². The van der Waals surface area contributed by atoms with E-state index < -0.39 is 30.5 Å². The number of hydrogen-bond donors (Lipinski definition) is 1. The summed E-state index contributed by atoms with van der Waals surface area (Å²) in [6.07, 6.45) is 3.03. The van der Waals surface area contributed by atoms with Crippen LogP contribution in [0.15, 0.2) is 29.6 Å². The van der Waals surface area contributed by atoms with Crippen LogP contribution in [0.1, 0.15) is 49.9 Å². The van der Waals surface area contributed by atoms with Crippen molar-refractivity contribution in [1.29, 1.82) is 0 Å². The molecule has 1 aliphatic heterocycles. The highest BCUT2D eigenvalue weighted by Crippen LogP contribution is 2.39. The van der Waals surface area contributed by atoms with Crippen LogP contribution in [-0.4, -0.2) is 60.9 Å². The van der Waals surface area contributed by atoms with E-state index in [0.717, 1.165) is 34.6 Å². The fourth-order valence-electron chi connectivity index (χ4n) is 4.93. The number of fused-ring (bicyclic) bond motifs is 1. The Hall–Kier alpha value is -3.73. The minimum atomic E-state index is -1.13. The first kappa shape index (κ1) is 27.3. The van der Waals surface area contributed by atoms with Crippen molar-refractivity contribution in [3.05, 3.63) is 35.2 Å². The lowest BCUT2D eigenvalue weighted by Gasteiger charge is -2.21. The maximum atomic E-state index is 12.8. The van der Waals surface area contributed by atoms with Gasteiger partial charge in [0.15, 0.2) is 6.61 Å². The first-order chi connectivity index (χ1) is 18.3. The molecule has 11 heteroatoms. The number of benzene rings is 1. The normalized spacial score (nSPS) is 19.5. The number of amides is 3. The lowest BCUT2D eigenvalue weighted by molar-refractivity contribution is -0.159. The number of esters is 2. The van der Waals surface area contributed by atoms with Crippen LogP contribution in [0.5, 0.6) is 5.75 Å². The van der Waals surface area contributed by atoms with E-state index in [1.807, 2.05) is 0 Å². The minimum absolute atomic E-state index is 0.148. The molecule has 3 amide bonds. The van der Waals surface area contributed by atoms with Crippen LogP contribution in [0.2, 0.25) is 0 Å². The van der Waals surface area contributed by atoms with Crippen LogP contribution in [0.25, 0.3) is 11.1 Å². The van der Waals surface area contributed by atoms with E-state index in [2.05, 4.69) is 5.32 Å². The summed E-state index contributed by atoms with van der Waals surface area (Å²) < 4.78 is 15.5. The Balaban J connectivity index is 1.42. The summed E-state index contributed by atoms with van der Waals surface area (Å²) in [5.41, 5.74) is 1.49. The van der Waals surface area contributed by atoms with Crippen LogP contribution < -0.4 is 10.1 Å². The van der Waals surface area contributed by atoms with Crippen molar-refractivity contribution in [3.63, 3.8) is 0 Å². The average molecular weight is 543 g/mol. The maximum Gasteiger partial charge on any atom is 0.341 e. The van der Waals surface area contributed by atoms with Gasteiger partial charge in [-0.2, -0.15) is 0 Å². The van der Waals surface area contributed by atoms with Gasteiger partial charge in [0.2, 0.25) is 11.8 Å². The van der Waals surface area contributed by atoms with Gasteiger partial charge in [-0.25, -0.2) is 9.59 Å². The molecule has 38 heavy (non-hydrogen) atoms. The third-order valence-corrected chi connectivity index (χ3v) is 7.77. The number of nitrogens with one attached hydrogen (secondary N) is 1. The Labute approximate surface area is 224 Å². The van der Waals surface area contributed by atoms with Gasteiger partial charge >= 0.3 is 11.9 Å². The zero-order valence-electron chi connectivity index (χ0n) is 21.5. The Bertz CT molecular complexity index is 1210. The Morgan fingerprint density at radius 1 is 1.05 bits per heavy atom. The number of nitrogens with zero attached hydrogens (tertiary/aromatic N) is 1. The van der Waals surface area contributed by atoms with Gasteiger partial charge in [0, 0.05) is 10.9 Å². The van der Waals surface area contributed by atoms with Gasteiger partial charge in [-0.3, -0.25) is 19.3 Å². The van der Waals surface area contributed by atoms with Gasteiger partial charge < -0.3 is 19.5 Å². The summed E-state index contributed by atoms with van der Waals surface area (Å²) in [4.78, 5) is 64.6. The van der Waals surface area contributed by atoms with E-state index in [-0.39, 0.29) is 40.8 Å². The molecule has 1 saturated heterocycles. The van der Waals surface area contributed by atoms with Crippen molar-refractivity contribution in [2.75, 3.05) is 25.6 Å². The summed E-state index contributed by atoms with van der Waals surface area (Å²) in [6.45, 7) is 2.60. The van der Waals surface area contributed by atoms with Gasteiger partial charge in [-0.1, -0.05) is 25.0 Å². The monoisotopic (exact) mass is 542 g/mol. The van der Waals surface area contributed by atoms with Crippen LogP contribution >= 0.6 is 11.3 Å². The van der Waals surface area contributed by atoms with Crippen molar-refractivity contribution >= 4 is 46.0 Å². The van der Waals surface area contributed by atoms with Gasteiger partial charge in [-0.15, -0.1) is 11.3 Å². The van der Waals surface area contributed by atoms with E-state index in [9.17, 15) is 24.0 Å². The minimum Gasteiger partial charge on any atom is -0.497 e. The number of thiophene rings is 1. The smallest absolute Gasteiger partial charge is 0.341 e. The molecule has 2 aliphatic rings. The second-order valence-corrected chi connectivity index (χ2v) is 10.1. The number of likely N-dealkylation sites (tertiary alicyclic amines) is 1. The van der Waals surface area contributed by atoms with Crippen LogP contribution in [0, 0.1) is 11.8 Å². The molecule has 0 spiro atoms.